The van der Waals surface area contributed by atoms with Gasteiger partial charge < -0.3 is 14.6 Å². The topological polar surface area (TPSA) is 72.8 Å². The standard InChI is InChI=1S/C79H146O5/c1-3-5-7-9-11-13-15-17-19-21-23-25-27-29-31-33-34-35-36-37-38-39-40-41-42-43-44-46-48-50-52-54-56-58-60-62-64-66-68-70-72-74-79(82)84-77(75-80)76-83-78(81)73-71-69-67-65-63-61-59-57-55-53-51-49-47-45-32-30-28-26-24-22-20-18-16-14-12-10-8-6-4-2/h5,7,11,13,17,19,22-25,77,80H,3-4,6,8-10,12,14-16,18,20-21,26-76H2,1-2H3/b7-5-,13-11-,19-17-,24-22-,25-23-. The summed E-state index contributed by atoms with van der Waals surface area (Å²) >= 11 is 0. The van der Waals surface area contributed by atoms with Crippen LogP contribution in [0.3, 0.4) is 0 Å². The molecule has 0 radical (unpaired) electrons. The van der Waals surface area contributed by atoms with Gasteiger partial charge >= 0.3 is 11.9 Å². The zero-order chi connectivity index (χ0) is 60.5. The van der Waals surface area contributed by atoms with Gasteiger partial charge in [0.25, 0.3) is 0 Å². The third kappa shape index (κ3) is 72.1. The van der Waals surface area contributed by atoms with Crippen LogP contribution in [0.2, 0.25) is 0 Å². The van der Waals surface area contributed by atoms with Crippen LogP contribution >= 0.6 is 0 Å². The number of hydrogen-bond acceptors (Lipinski definition) is 5. The lowest BCUT2D eigenvalue weighted by molar-refractivity contribution is -0.161. The van der Waals surface area contributed by atoms with E-state index in [0.29, 0.717) is 12.8 Å². The van der Waals surface area contributed by atoms with Gasteiger partial charge in [0.2, 0.25) is 0 Å². The third-order valence-electron chi connectivity index (χ3n) is 17.3. The van der Waals surface area contributed by atoms with Gasteiger partial charge in [0, 0.05) is 12.8 Å². The highest BCUT2D eigenvalue weighted by atomic mass is 16.6. The van der Waals surface area contributed by atoms with Gasteiger partial charge in [0.05, 0.1) is 6.61 Å². The smallest absolute Gasteiger partial charge is 0.306 e. The van der Waals surface area contributed by atoms with Gasteiger partial charge in [0.1, 0.15) is 6.61 Å². The van der Waals surface area contributed by atoms with Gasteiger partial charge in [-0.05, 0) is 77.0 Å². The number of carbonyl (C=O) groups excluding carboxylic acids is 2. The first kappa shape index (κ1) is 81.6. The molecule has 0 amide bonds. The molecule has 0 aromatic carbocycles. The summed E-state index contributed by atoms with van der Waals surface area (Å²) in [5.41, 5.74) is 0. The van der Waals surface area contributed by atoms with Crippen molar-refractivity contribution in [1.29, 1.82) is 0 Å². The molecule has 0 aliphatic rings. The number of unbranched alkanes of at least 4 members (excludes halogenated alkanes) is 53. The van der Waals surface area contributed by atoms with E-state index in [9.17, 15) is 14.7 Å². The molecule has 1 N–H and O–H groups in total. The van der Waals surface area contributed by atoms with Crippen molar-refractivity contribution >= 4 is 11.9 Å². The Morgan fingerprint density at radius 2 is 0.512 bits per heavy atom. The first-order chi connectivity index (χ1) is 41.6. The molecule has 5 heteroatoms. The second kappa shape index (κ2) is 74.9. The zero-order valence-corrected chi connectivity index (χ0v) is 56.7. The fourth-order valence-corrected chi connectivity index (χ4v) is 11.7. The number of hydrogen-bond donors (Lipinski definition) is 1. The second-order valence-electron chi connectivity index (χ2n) is 25.7. The van der Waals surface area contributed by atoms with Crippen LogP contribution in [0, 0.1) is 0 Å². The molecule has 0 aliphatic carbocycles. The number of aliphatic hydroxyl groups excluding tert-OH is 1. The fourth-order valence-electron chi connectivity index (χ4n) is 11.7. The number of ether oxygens (including phenoxy) is 2. The summed E-state index contributed by atoms with van der Waals surface area (Å²) in [6, 6.07) is 0. The molecule has 0 bridgehead atoms. The van der Waals surface area contributed by atoms with E-state index < -0.39 is 6.10 Å². The van der Waals surface area contributed by atoms with Crippen LogP contribution in [-0.2, 0) is 19.1 Å². The van der Waals surface area contributed by atoms with Crippen LogP contribution < -0.4 is 0 Å². The molecule has 0 aromatic heterocycles. The maximum Gasteiger partial charge on any atom is 0.306 e. The SMILES string of the molecule is CC/C=C\C/C=C\C/C=C\C/C=C\CCCCCCCCCCCCCCCCCCCCCCCCCCCCCCC(=O)OC(CO)COC(=O)CCCCCCCCCCCCCCCCCCC/C=C\CCCCCCCCCC. The van der Waals surface area contributed by atoms with Crippen molar-refractivity contribution < 1.29 is 24.2 Å². The van der Waals surface area contributed by atoms with Crippen molar-refractivity contribution in [1.82, 2.24) is 0 Å². The van der Waals surface area contributed by atoms with E-state index in [2.05, 4.69) is 74.6 Å². The molecule has 492 valence electrons. The van der Waals surface area contributed by atoms with Gasteiger partial charge in [-0.2, -0.15) is 0 Å². The second-order valence-corrected chi connectivity index (χ2v) is 25.7. The summed E-state index contributed by atoms with van der Waals surface area (Å²) < 4.78 is 10.8. The predicted octanol–water partition coefficient (Wildman–Crippen LogP) is 26.4. The average Bonchev–Trinajstić information content (AvgIpc) is 3.51. The number of rotatable bonds is 71. The maximum absolute atomic E-state index is 12.4. The minimum atomic E-state index is -0.771. The highest BCUT2D eigenvalue weighted by Gasteiger charge is 2.16. The van der Waals surface area contributed by atoms with Crippen LogP contribution in [0.15, 0.2) is 60.8 Å². The molecule has 0 fully saturated rings. The van der Waals surface area contributed by atoms with Crippen molar-refractivity contribution in [2.75, 3.05) is 13.2 Å². The average molecular weight is 1180 g/mol. The Morgan fingerprint density at radius 1 is 0.286 bits per heavy atom. The van der Waals surface area contributed by atoms with E-state index in [4.69, 9.17) is 9.47 Å². The van der Waals surface area contributed by atoms with Crippen molar-refractivity contribution in [3.8, 4) is 0 Å². The summed E-state index contributed by atoms with van der Waals surface area (Å²) in [4.78, 5) is 24.7. The minimum Gasteiger partial charge on any atom is -0.462 e. The molecular formula is C79H146O5. The number of carbonyl (C=O) groups is 2. The van der Waals surface area contributed by atoms with E-state index in [0.717, 1.165) is 64.2 Å². The molecule has 0 saturated heterocycles. The summed E-state index contributed by atoms with van der Waals surface area (Å²) in [6.07, 6.45) is 103. The van der Waals surface area contributed by atoms with E-state index >= 15 is 0 Å². The molecule has 0 spiro atoms. The Labute approximate surface area is 525 Å². The van der Waals surface area contributed by atoms with Crippen LogP contribution in [-0.4, -0.2) is 36.4 Å². The van der Waals surface area contributed by atoms with E-state index in [1.807, 2.05) is 0 Å². The molecule has 0 saturated carbocycles. The Bertz CT molecular complexity index is 1430. The minimum absolute atomic E-state index is 0.0595. The summed E-state index contributed by atoms with van der Waals surface area (Å²) in [6.45, 7) is 4.09. The van der Waals surface area contributed by atoms with Crippen LogP contribution in [0.5, 0.6) is 0 Å². The van der Waals surface area contributed by atoms with Crippen LogP contribution in [0.1, 0.15) is 412 Å². The largest absolute Gasteiger partial charge is 0.462 e. The van der Waals surface area contributed by atoms with Gasteiger partial charge in [-0.25, -0.2) is 0 Å². The van der Waals surface area contributed by atoms with Crippen molar-refractivity contribution in [3.05, 3.63) is 60.8 Å². The van der Waals surface area contributed by atoms with Gasteiger partial charge in [-0.1, -0.05) is 383 Å². The molecule has 0 aliphatic heterocycles. The molecule has 0 heterocycles. The van der Waals surface area contributed by atoms with E-state index in [1.165, 1.54) is 321 Å². The highest BCUT2D eigenvalue weighted by molar-refractivity contribution is 5.70. The lowest BCUT2D eigenvalue weighted by Crippen LogP contribution is -2.28. The summed E-state index contributed by atoms with van der Waals surface area (Å²) in [5, 5.41) is 9.72. The Kier molecular flexibility index (Phi) is 72.7. The Morgan fingerprint density at radius 3 is 0.786 bits per heavy atom. The molecule has 1 unspecified atom stereocenters. The van der Waals surface area contributed by atoms with Crippen LogP contribution in [0.25, 0.3) is 0 Å². The monoisotopic (exact) mass is 1180 g/mol. The molecule has 0 rings (SSSR count). The number of aliphatic hydroxyl groups is 1. The predicted molar refractivity (Wildman–Crippen MR) is 371 cm³/mol. The molecule has 0 aromatic rings. The molecule has 5 nitrogen and oxygen atoms in total. The van der Waals surface area contributed by atoms with Gasteiger partial charge in [-0.15, -0.1) is 0 Å². The normalized spacial score (nSPS) is 12.5. The summed E-state index contributed by atoms with van der Waals surface area (Å²) in [7, 11) is 0. The molecular weight excluding hydrogens is 1030 g/mol. The number of allylic oxidation sites excluding steroid dienone is 10. The van der Waals surface area contributed by atoms with E-state index in [-0.39, 0.29) is 25.2 Å². The Hall–Kier alpha value is -2.40. The van der Waals surface area contributed by atoms with Crippen LogP contribution in [0.4, 0.5) is 0 Å². The molecule has 1 atom stereocenters. The van der Waals surface area contributed by atoms with Crippen molar-refractivity contribution in [2.24, 2.45) is 0 Å². The van der Waals surface area contributed by atoms with Crippen molar-refractivity contribution in [3.63, 3.8) is 0 Å². The number of esters is 2. The quantitative estimate of drug-likeness (QED) is 0.0373. The first-order valence-electron chi connectivity index (χ1n) is 37.8. The van der Waals surface area contributed by atoms with Gasteiger partial charge in [-0.3, -0.25) is 9.59 Å². The molecule has 84 heavy (non-hydrogen) atoms. The lowest BCUT2D eigenvalue weighted by Gasteiger charge is -2.15. The van der Waals surface area contributed by atoms with E-state index in [1.54, 1.807) is 0 Å². The zero-order valence-electron chi connectivity index (χ0n) is 56.7. The summed E-state index contributed by atoms with van der Waals surface area (Å²) in [5.74, 6) is -0.565. The fraction of sp³-hybridized carbons (Fsp3) is 0.848. The van der Waals surface area contributed by atoms with Gasteiger partial charge in [0.15, 0.2) is 6.10 Å². The first-order valence-corrected chi connectivity index (χ1v) is 37.8. The highest BCUT2D eigenvalue weighted by Crippen LogP contribution is 2.19. The van der Waals surface area contributed by atoms with Crippen molar-refractivity contribution in [2.45, 2.75) is 418 Å². The lowest BCUT2D eigenvalue weighted by atomic mass is 10.0. The Balaban J connectivity index is 3.37. The maximum atomic E-state index is 12.4. The third-order valence-corrected chi connectivity index (χ3v) is 17.3.